The van der Waals surface area contributed by atoms with Crippen LogP contribution in [0, 0.1) is 0 Å². The van der Waals surface area contributed by atoms with Crippen LogP contribution in [0.25, 0.3) is 0 Å². The van der Waals surface area contributed by atoms with Crippen molar-refractivity contribution in [1.29, 1.82) is 0 Å². The lowest BCUT2D eigenvalue weighted by molar-refractivity contribution is -0.143. The van der Waals surface area contributed by atoms with Crippen molar-refractivity contribution in [3.63, 3.8) is 0 Å². The number of rotatable bonds is 7. The van der Waals surface area contributed by atoms with Crippen LogP contribution in [0.3, 0.4) is 0 Å². The molecule has 0 aliphatic carbocycles. The molecule has 0 atom stereocenters. The van der Waals surface area contributed by atoms with E-state index in [0.717, 1.165) is 30.3 Å². The Bertz CT molecular complexity index is 758. The molecule has 0 saturated carbocycles. The quantitative estimate of drug-likeness (QED) is 0.729. The molecule has 136 valence electrons. The van der Waals surface area contributed by atoms with Crippen molar-refractivity contribution in [3.8, 4) is 0 Å². The van der Waals surface area contributed by atoms with Crippen molar-refractivity contribution in [3.05, 3.63) is 54.1 Å². The van der Waals surface area contributed by atoms with Gasteiger partial charge < -0.3 is 15.4 Å². The van der Waals surface area contributed by atoms with E-state index in [1.54, 1.807) is 11.8 Å². The number of carbonyl (C=O) groups is 1. The van der Waals surface area contributed by atoms with Gasteiger partial charge in [0, 0.05) is 28.4 Å². The monoisotopic (exact) mass is 369 g/mol. The summed E-state index contributed by atoms with van der Waals surface area (Å²) in [4.78, 5) is 18.1. The molecule has 6 heteroatoms. The van der Waals surface area contributed by atoms with Gasteiger partial charge in [0.05, 0.1) is 13.2 Å². The van der Waals surface area contributed by atoms with E-state index in [2.05, 4.69) is 64.2 Å². The Kier molecular flexibility index (Phi) is 6.55. The molecule has 3 rings (SSSR count). The molecular formula is C20H23N3O2S. The summed E-state index contributed by atoms with van der Waals surface area (Å²) in [5.41, 5.74) is 2.17. The lowest BCUT2D eigenvalue weighted by atomic mass is 10.1. The number of guanidine groups is 1. The molecular weight excluding hydrogens is 346 g/mol. The molecule has 1 aliphatic rings. The van der Waals surface area contributed by atoms with Gasteiger partial charge in [-0.05, 0) is 55.3 Å². The van der Waals surface area contributed by atoms with E-state index in [9.17, 15) is 4.79 Å². The van der Waals surface area contributed by atoms with Crippen LogP contribution in [-0.2, 0) is 16.0 Å². The molecule has 2 N–H and O–H groups in total. The first-order chi connectivity index (χ1) is 12.7. The molecule has 5 nitrogen and oxygen atoms in total. The summed E-state index contributed by atoms with van der Waals surface area (Å²) in [6.07, 6.45) is 1.14. The number of ether oxygens (including phenoxy) is 1. The highest BCUT2D eigenvalue weighted by Gasteiger charge is 2.06. The fourth-order valence-electron chi connectivity index (χ4n) is 2.56. The van der Waals surface area contributed by atoms with Crippen LogP contribution >= 0.6 is 11.8 Å². The first kappa shape index (κ1) is 18.3. The zero-order valence-electron chi connectivity index (χ0n) is 14.8. The number of nitrogens with zero attached hydrogens (tertiary/aromatic N) is 1. The van der Waals surface area contributed by atoms with Gasteiger partial charge in [0.25, 0.3) is 0 Å². The maximum Gasteiger partial charge on any atom is 0.306 e. The van der Waals surface area contributed by atoms with Crippen LogP contribution in [0.1, 0.15) is 18.9 Å². The van der Waals surface area contributed by atoms with Gasteiger partial charge in [-0.15, -0.1) is 0 Å². The van der Waals surface area contributed by atoms with E-state index in [4.69, 9.17) is 4.74 Å². The summed E-state index contributed by atoms with van der Waals surface area (Å²) in [5.74, 6) is 0.697. The standard InChI is InChI=1S/C20H23N3O2S/c1-2-25-19(24)12-5-15-3-8-17(9-4-15)26-18-10-6-16(7-11-18)23-20-21-13-14-22-20/h3-4,6-11H,2,5,12-14H2,1H3,(H2,21,22,23). The third kappa shape index (κ3) is 5.52. The fourth-order valence-corrected chi connectivity index (χ4v) is 3.38. The highest BCUT2D eigenvalue weighted by Crippen LogP contribution is 2.29. The Balaban J connectivity index is 1.51. The van der Waals surface area contributed by atoms with Gasteiger partial charge in [-0.2, -0.15) is 0 Å². The van der Waals surface area contributed by atoms with Crippen LogP contribution < -0.4 is 10.6 Å². The van der Waals surface area contributed by atoms with Crippen molar-refractivity contribution < 1.29 is 9.53 Å². The molecule has 0 spiro atoms. The van der Waals surface area contributed by atoms with Crippen molar-refractivity contribution >= 4 is 29.4 Å². The molecule has 0 radical (unpaired) electrons. The van der Waals surface area contributed by atoms with E-state index in [1.165, 1.54) is 9.79 Å². The lowest BCUT2D eigenvalue weighted by Gasteiger charge is -2.08. The first-order valence-electron chi connectivity index (χ1n) is 8.81. The van der Waals surface area contributed by atoms with Crippen LogP contribution in [0.5, 0.6) is 0 Å². The number of hydrogen-bond acceptors (Lipinski definition) is 6. The number of aryl methyl sites for hydroxylation is 1. The number of nitrogens with one attached hydrogen (secondary N) is 2. The minimum absolute atomic E-state index is 0.140. The Labute approximate surface area is 158 Å². The van der Waals surface area contributed by atoms with Gasteiger partial charge >= 0.3 is 5.97 Å². The van der Waals surface area contributed by atoms with E-state index in [1.807, 2.05) is 6.92 Å². The highest BCUT2D eigenvalue weighted by molar-refractivity contribution is 7.99. The molecule has 2 aromatic carbocycles. The number of aliphatic imine (C=N–C) groups is 1. The average Bonchev–Trinajstić information content (AvgIpc) is 3.16. The van der Waals surface area contributed by atoms with Crippen molar-refractivity contribution in [2.45, 2.75) is 29.6 Å². The molecule has 0 fully saturated rings. The second-order valence-corrected chi connectivity index (χ2v) is 7.00. The van der Waals surface area contributed by atoms with Crippen molar-refractivity contribution in [1.82, 2.24) is 5.32 Å². The maximum absolute atomic E-state index is 11.4. The van der Waals surface area contributed by atoms with Gasteiger partial charge in [-0.25, -0.2) is 0 Å². The lowest BCUT2D eigenvalue weighted by Crippen LogP contribution is -2.26. The number of esters is 1. The summed E-state index contributed by atoms with van der Waals surface area (Å²) >= 11 is 1.71. The van der Waals surface area contributed by atoms with E-state index in [-0.39, 0.29) is 5.97 Å². The summed E-state index contributed by atoms with van der Waals surface area (Å²) < 4.78 is 4.96. The zero-order valence-corrected chi connectivity index (χ0v) is 15.6. The summed E-state index contributed by atoms with van der Waals surface area (Å²) in [5, 5.41) is 6.46. The molecule has 0 bridgehead atoms. The van der Waals surface area contributed by atoms with Gasteiger partial charge in [0.2, 0.25) is 0 Å². The van der Waals surface area contributed by atoms with E-state index >= 15 is 0 Å². The van der Waals surface area contributed by atoms with Crippen molar-refractivity contribution in [2.24, 2.45) is 4.99 Å². The van der Waals surface area contributed by atoms with Crippen LogP contribution in [-0.4, -0.2) is 31.6 Å². The minimum Gasteiger partial charge on any atom is -0.466 e. The molecule has 0 unspecified atom stereocenters. The van der Waals surface area contributed by atoms with Gasteiger partial charge in [-0.1, -0.05) is 23.9 Å². The third-order valence-corrected chi connectivity index (χ3v) is 4.89. The number of carbonyl (C=O) groups excluding carboxylic acids is 1. The SMILES string of the molecule is CCOC(=O)CCc1ccc(Sc2ccc(NC3=NCCN3)cc2)cc1. The van der Waals surface area contributed by atoms with E-state index in [0.29, 0.717) is 19.4 Å². The van der Waals surface area contributed by atoms with Gasteiger partial charge in [0.1, 0.15) is 0 Å². The molecule has 1 aliphatic heterocycles. The largest absolute Gasteiger partial charge is 0.466 e. The molecule has 2 aromatic rings. The van der Waals surface area contributed by atoms with E-state index < -0.39 is 0 Å². The maximum atomic E-state index is 11.4. The Morgan fingerprint density at radius 2 is 1.85 bits per heavy atom. The van der Waals surface area contributed by atoms with Crippen LogP contribution in [0.2, 0.25) is 0 Å². The minimum atomic E-state index is -0.140. The number of hydrogen-bond donors (Lipinski definition) is 2. The number of anilines is 1. The topological polar surface area (TPSA) is 62.7 Å². The Morgan fingerprint density at radius 3 is 2.46 bits per heavy atom. The summed E-state index contributed by atoms with van der Waals surface area (Å²) in [6, 6.07) is 16.6. The highest BCUT2D eigenvalue weighted by atomic mass is 32.2. The molecule has 0 aromatic heterocycles. The Hall–Kier alpha value is -2.47. The number of benzene rings is 2. The smallest absolute Gasteiger partial charge is 0.306 e. The van der Waals surface area contributed by atoms with Crippen LogP contribution in [0.15, 0.2) is 63.3 Å². The van der Waals surface area contributed by atoms with Crippen molar-refractivity contribution in [2.75, 3.05) is 25.0 Å². The average molecular weight is 369 g/mol. The van der Waals surface area contributed by atoms with Gasteiger partial charge in [0.15, 0.2) is 5.96 Å². The molecule has 26 heavy (non-hydrogen) atoms. The summed E-state index contributed by atoms with van der Waals surface area (Å²) in [7, 11) is 0. The fraction of sp³-hybridized carbons (Fsp3) is 0.300. The summed E-state index contributed by atoms with van der Waals surface area (Å²) in [6.45, 7) is 3.98. The first-order valence-corrected chi connectivity index (χ1v) is 9.62. The molecule has 0 saturated heterocycles. The normalized spacial score (nSPS) is 13.0. The predicted molar refractivity (Wildman–Crippen MR) is 106 cm³/mol. The second kappa shape index (κ2) is 9.29. The predicted octanol–water partition coefficient (Wildman–Crippen LogP) is 3.70. The molecule has 0 amide bonds. The third-order valence-electron chi connectivity index (χ3n) is 3.87. The van der Waals surface area contributed by atoms with Crippen LogP contribution in [0.4, 0.5) is 5.69 Å². The van der Waals surface area contributed by atoms with Gasteiger partial charge in [-0.3, -0.25) is 9.79 Å². The Morgan fingerprint density at radius 1 is 1.15 bits per heavy atom. The zero-order chi connectivity index (χ0) is 18.2. The molecule has 1 heterocycles. The second-order valence-electron chi connectivity index (χ2n) is 5.86.